The molecule has 2 heteroatoms. The van der Waals surface area contributed by atoms with Crippen LogP contribution in [0.4, 0.5) is 0 Å². The van der Waals surface area contributed by atoms with Gasteiger partial charge in [0.2, 0.25) is 0 Å². The Hall–Kier alpha value is -2.06. The lowest BCUT2D eigenvalue weighted by molar-refractivity contribution is 0.201. The fourth-order valence-electron chi connectivity index (χ4n) is 2.79. The van der Waals surface area contributed by atoms with Crippen molar-refractivity contribution in [2.75, 3.05) is 0 Å². The summed E-state index contributed by atoms with van der Waals surface area (Å²) in [4.78, 5) is 0. The monoisotopic (exact) mass is 251 g/mol. The topological polar surface area (TPSA) is 25.2 Å². The number of aromatic nitrogens is 1. The molecule has 0 spiro atoms. The van der Waals surface area contributed by atoms with E-state index in [1.165, 1.54) is 0 Å². The van der Waals surface area contributed by atoms with Crippen LogP contribution in [-0.4, -0.2) is 9.67 Å². The van der Waals surface area contributed by atoms with Crippen molar-refractivity contribution in [2.24, 2.45) is 7.05 Å². The average Bonchev–Trinajstić information content (AvgIpc) is 2.74. The summed E-state index contributed by atoms with van der Waals surface area (Å²) in [5.41, 5.74) is 4.38. The standard InChI is InChI=1S/C17H17NO/c1-12(19)16-14-10-6-7-11-15(14)18(2)17(16)13-8-4-3-5-9-13/h3-12,19H,1-2H3/t12-/m1/s1. The first kappa shape index (κ1) is 12.0. The van der Waals surface area contributed by atoms with Crippen LogP contribution in [0.3, 0.4) is 0 Å². The number of aliphatic hydroxyl groups excluding tert-OH is 1. The van der Waals surface area contributed by atoms with Crippen molar-refractivity contribution in [3.8, 4) is 11.3 Å². The van der Waals surface area contributed by atoms with Crippen LogP contribution in [0.2, 0.25) is 0 Å². The van der Waals surface area contributed by atoms with E-state index in [0.717, 1.165) is 27.7 Å². The maximum atomic E-state index is 10.2. The second-order valence-corrected chi connectivity index (χ2v) is 4.88. The average molecular weight is 251 g/mol. The van der Waals surface area contributed by atoms with E-state index in [9.17, 15) is 5.11 Å². The van der Waals surface area contributed by atoms with Crippen LogP contribution in [0.1, 0.15) is 18.6 Å². The molecule has 1 heterocycles. The van der Waals surface area contributed by atoms with Gasteiger partial charge in [-0.25, -0.2) is 0 Å². The molecule has 0 saturated carbocycles. The SMILES string of the molecule is C[C@@H](O)c1c(-c2ccccc2)n(C)c2ccccc12. The zero-order valence-electron chi connectivity index (χ0n) is 11.2. The van der Waals surface area contributed by atoms with E-state index in [0.29, 0.717) is 0 Å². The molecule has 0 radical (unpaired) electrons. The second kappa shape index (κ2) is 4.56. The van der Waals surface area contributed by atoms with Crippen molar-refractivity contribution in [1.82, 2.24) is 4.57 Å². The minimum absolute atomic E-state index is 0.485. The summed E-state index contributed by atoms with van der Waals surface area (Å²) in [6.07, 6.45) is -0.485. The highest BCUT2D eigenvalue weighted by atomic mass is 16.3. The highest BCUT2D eigenvalue weighted by Gasteiger charge is 2.19. The van der Waals surface area contributed by atoms with Crippen molar-refractivity contribution in [3.05, 3.63) is 60.2 Å². The number of benzene rings is 2. The van der Waals surface area contributed by atoms with Crippen LogP contribution in [0.5, 0.6) is 0 Å². The van der Waals surface area contributed by atoms with Gasteiger partial charge in [-0.15, -0.1) is 0 Å². The van der Waals surface area contributed by atoms with Gasteiger partial charge < -0.3 is 9.67 Å². The Morgan fingerprint density at radius 2 is 1.58 bits per heavy atom. The molecule has 2 nitrogen and oxygen atoms in total. The maximum absolute atomic E-state index is 10.2. The third kappa shape index (κ3) is 1.85. The number of hydrogen-bond donors (Lipinski definition) is 1. The highest BCUT2D eigenvalue weighted by molar-refractivity contribution is 5.92. The summed E-state index contributed by atoms with van der Waals surface area (Å²) in [6, 6.07) is 18.4. The van der Waals surface area contributed by atoms with Gasteiger partial charge in [0.05, 0.1) is 11.8 Å². The quantitative estimate of drug-likeness (QED) is 0.734. The van der Waals surface area contributed by atoms with Crippen LogP contribution < -0.4 is 0 Å². The molecule has 3 aromatic rings. The van der Waals surface area contributed by atoms with Crippen molar-refractivity contribution in [2.45, 2.75) is 13.0 Å². The summed E-state index contributed by atoms with van der Waals surface area (Å²) in [7, 11) is 2.05. The van der Waals surface area contributed by atoms with Gasteiger partial charge in [0, 0.05) is 23.5 Å². The molecular formula is C17H17NO. The molecular weight excluding hydrogens is 234 g/mol. The molecule has 0 aliphatic rings. The van der Waals surface area contributed by atoms with Crippen LogP contribution in [0.25, 0.3) is 22.2 Å². The third-order valence-electron chi connectivity index (χ3n) is 3.61. The number of rotatable bonds is 2. The second-order valence-electron chi connectivity index (χ2n) is 4.88. The molecule has 3 rings (SSSR count). The van der Waals surface area contributed by atoms with Gasteiger partial charge in [-0.2, -0.15) is 0 Å². The number of para-hydroxylation sites is 1. The summed E-state index contributed by atoms with van der Waals surface area (Å²) in [6.45, 7) is 1.83. The first-order chi connectivity index (χ1) is 9.20. The van der Waals surface area contributed by atoms with E-state index < -0.39 is 6.10 Å². The van der Waals surface area contributed by atoms with Crippen LogP contribution in [0, 0.1) is 0 Å². The van der Waals surface area contributed by atoms with E-state index in [1.54, 1.807) is 0 Å². The molecule has 0 bridgehead atoms. The van der Waals surface area contributed by atoms with Gasteiger partial charge in [-0.1, -0.05) is 48.5 Å². The molecule has 0 aliphatic carbocycles. The van der Waals surface area contributed by atoms with Gasteiger partial charge in [0.15, 0.2) is 0 Å². The Morgan fingerprint density at radius 1 is 0.947 bits per heavy atom. The number of aliphatic hydroxyl groups is 1. The molecule has 1 atom stereocenters. The van der Waals surface area contributed by atoms with E-state index in [-0.39, 0.29) is 0 Å². The summed E-state index contributed by atoms with van der Waals surface area (Å²) < 4.78 is 2.16. The Morgan fingerprint density at radius 3 is 2.26 bits per heavy atom. The maximum Gasteiger partial charge on any atom is 0.0789 e. The molecule has 2 aromatic carbocycles. The van der Waals surface area contributed by atoms with Crippen LogP contribution >= 0.6 is 0 Å². The van der Waals surface area contributed by atoms with E-state index >= 15 is 0 Å². The van der Waals surface area contributed by atoms with Gasteiger partial charge in [0.1, 0.15) is 0 Å². The summed E-state index contributed by atoms with van der Waals surface area (Å²) in [5.74, 6) is 0. The van der Waals surface area contributed by atoms with Gasteiger partial charge in [0.25, 0.3) is 0 Å². The zero-order valence-corrected chi connectivity index (χ0v) is 11.2. The predicted molar refractivity (Wildman–Crippen MR) is 79.0 cm³/mol. The molecule has 1 aromatic heterocycles. The lowest BCUT2D eigenvalue weighted by Crippen LogP contribution is -1.97. The van der Waals surface area contributed by atoms with Crippen LogP contribution in [-0.2, 0) is 7.05 Å². The lowest BCUT2D eigenvalue weighted by Gasteiger charge is -2.10. The van der Waals surface area contributed by atoms with E-state index in [1.807, 2.05) is 37.3 Å². The lowest BCUT2D eigenvalue weighted by atomic mass is 10.0. The molecule has 0 aliphatic heterocycles. The first-order valence-corrected chi connectivity index (χ1v) is 6.51. The largest absolute Gasteiger partial charge is 0.389 e. The van der Waals surface area contributed by atoms with Crippen molar-refractivity contribution >= 4 is 10.9 Å². The molecule has 0 amide bonds. The van der Waals surface area contributed by atoms with Crippen molar-refractivity contribution < 1.29 is 5.11 Å². The third-order valence-corrected chi connectivity index (χ3v) is 3.61. The normalized spacial score (nSPS) is 12.8. The molecule has 0 unspecified atom stereocenters. The van der Waals surface area contributed by atoms with Gasteiger partial charge in [-0.05, 0) is 18.6 Å². The fraction of sp³-hybridized carbons (Fsp3) is 0.176. The molecule has 0 fully saturated rings. The minimum atomic E-state index is -0.485. The molecule has 19 heavy (non-hydrogen) atoms. The predicted octanol–water partition coefficient (Wildman–Crippen LogP) is 3.90. The number of nitrogens with zero attached hydrogens (tertiary/aromatic N) is 1. The zero-order chi connectivity index (χ0) is 13.4. The molecule has 96 valence electrons. The van der Waals surface area contributed by atoms with Gasteiger partial charge in [-0.3, -0.25) is 0 Å². The Bertz CT molecular complexity index is 711. The first-order valence-electron chi connectivity index (χ1n) is 6.51. The summed E-state index contributed by atoms with van der Waals surface area (Å²) >= 11 is 0. The van der Waals surface area contributed by atoms with E-state index in [4.69, 9.17) is 0 Å². The highest BCUT2D eigenvalue weighted by Crippen LogP contribution is 2.36. The Labute approximate surface area is 112 Å². The number of hydrogen-bond acceptors (Lipinski definition) is 1. The number of aryl methyl sites for hydroxylation is 1. The summed E-state index contributed by atoms with van der Waals surface area (Å²) in [5, 5.41) is 11.3. The van der Waals surface area contributed by atoms with Gasteiger partial charge >= 0.3 is 0 Å². The minimum Gasteiger partial charge on any atom is -0.389 e. The Balaban J connectivity index is 2.41. The van der Waals surface area contributed by atoms with Crippen molar-refractivity contribution in [1.29, 1.82) is 0 Å². The van der Waals surface area contributed by atoms with Crippen LogP contribution in [0.15, 0.2) is 54.6 Å². The van der Waals surface area contributed by atoms with E-state index in [2.05, 4.69) is 35.9 Å². The number of fused-ring (bicyclic) bond motifs is 1. The molecule has 0 saturated heterocycles. The smallest absolute Gasteiger partial charge is 0.0789 e. The fourth-order valence-corrected chi connectivity index (χ4v) is 2.79. The van der Waals surface area contributed by atoms with Crippen molar-refractivity contribution in [3.63, 3.8) is 0 Å². The Kier molecular flexibility index (Phi) is 2.88. The molecule has 1 N–H and O–H groups in total.